The minimum atomic E-state index is -1.10. The van der Waals surface area contributed by atoms with Crippen molar-refractivity contribution in [2.75, 3.05) is 6.54 Å². The van der Waals surface area contributed by atoms with E-state index >= 15 is 0 Å². The van der Waals surface area contributed by atoms with Crippen LogP contribution in [0.4, 0.5) is 0 Å². The Balaban J connectivity index is 3.91. The van der Waals surface area contributed by atoms with Crippen LogP contribution in [-0.4, -0.2) is 35.1 Å². The first-order valence-corrected chi connectivity index (χ1v) is 4.78. The van der Waals surface area contributed by atoms with Crippen LogP contribution in [0.1, 0.15) is 26.7 Å². The molecule has 0 rings (SSSR count). The van der Waals surface area contributed by atoms with Crippen LogP contribution in [0, 0.1) is 0 Å². The maximum Gasteiger partial charge on any atom is 0.320 e. The summed E-state index contributed by atoms with van der Waals surface area (Å²) < 4.78 is 0. The number of rotatable bonds is 6. The Morgan fingerprint density at radius 1 is 1.47 bits per heavy atom. The van der Waals surface area contributed by atoms with Crippen LogP contribution in [0.2, 0.25) is 0 Å². The topological polar surface area (TPSA) is 118 Å². The molecule has 0 aliphatic carbocycles. The highest BCUT2D eigenvalue weighted by Gasteiger charge is 2.19. The molecule has 1 amide bonds. The SMILES string of the molecule is CC(C)(CN)NC(=O)CCC(N)C(=O)O. The van der Waals surface area contributed by atoms with Crippen LogP contribution >= 0.6 is 0 Å². The van der Waals surface area contributed by atoms with Crippen molar-refractivity contribution < 1.29 is 14.7 Å². The molecule has 0 aromatic rings. The lowest BCUT2D eigenvalue weighted by Crippen LogP contribution is -2.49. The zero-order valence-electron chi connectivity index (χ0n) is 9.12. The van der Waals surface area contributed by atoms with E-state index < -0.39 is 17.6 Å². The zero-order chi connectivity index (χ0) is 12.1. The third kappa shape index (κ3) is 6.03. The molecule has 6 nitrogen and oxygen atoms in total. The first-order valence-electron chi connectivity index (χ1n) is 4.78. The van der Waals surface area contributed by atoms with E-state index in [-0.39, 0.29) is 18.7 Å². The molecule has 0 saturated heterocycles. The van der Waals surface area contributed by atoms with Crippen molar-refractivity contribution in [3.63, 3.8) is 0 Å². The summed E-state index contributed by atoms with van der Waals surface area (Å²) in [4.78, 5) is 21.7. The van der Waals surface area contributed by atoms with Gasteiger partial charge in [-0.25, -0.2) is 0 Å². The van der Waals surface area contributed by atoms with Crippen molar-refractivity contribution in [2.45, 2.75) is 38.3 Å². The van der Waals surface area contributed by atoms with E-state index in [4.69, 9.17) is 16.6 Å². The Labute approximate surface area is 89.0 Å². The van der Waals surface area contributed by atoms with Gasteiger partial charge in [0.05, 0.1) is 0 Å². The van der Waals surface area contributed by atoms with Gasteiger partial charge in [-0.2, -0.15) is 0 Å². The lowest BCUT2D eigenvalue weighted by Gasteiger charge is -2.24. The Hall–Kier alpha value is -1.14. The molecule has 0 aliphatic rings. The highest BCUT2D eigenvalue weighted by molar-refractivity contribution is 5.78. The number of nitrogens with one attached hydrogen (secondary N) is 1. The summed E-state index contributed by atoms with van der Waals surface area (Å²) in [5, 5.41) is 11.2. The van der Waals surface area contributed by atoms with E-state index in [0.29, 0.717) is 6.54 Å². The molecule has 0 aromatic heterocycles. The van der Waals surface area contributed by atoms with E-state index in [1.165, 1.54) is 0 Å². The maximum atomic E-state index is 11.3. The van der Waals surface area contributed by atoms with Crippen LogP contribution in [-0.2, 0) is 9.59 Å². The van der Waals surface area contributed by atoms with Crippen LogP contribution < -0.4 is 16.8 Å². The van der Waals surface area contributed by atoms with Gasteiger partial charge in [-0.05, 0) is 20.3 Å². The van der Waals surface area contributed by atoms with Gasteiger partial charge in [-0.3, -0.25) is 9.59 Å². The fourth-order valence-electron chi connectivity index (χ4n) is 0.901. The van der Waals surface area contributed by atoms with E-state index in [1.807, 2.05) is 0 Å². The molecule has 6 N–H and O–H groups in total. The highest BCUT2D eigenvalue weighted by Crippen LogP contribution is 2.01. The molecule has 0 spiro atoms. The quantitative estimate of drug-likeness (QED) is 0.456. The summed E-state index contributed by atoms with van der Waals surface area (Å²) in [6, 6.07) is -0.989. The minimum Gasteiger partial charge on any atom is -0.480 e. The number of hydrogen-bond donors (Lipinski definition) is 4. The number of aliphatic carboxylic acids is 1. The van der Waals surface area contributed by atoms with Gasteiger partial charge in [0.25, 0.3) is 0 Å². The second-order valence-corrected chi connectivity index (χ2v) is 4.12. The molecular formula is C9H19N3O3. The van der Waals surface area contributed by atoms with Gasteiger partial charge < -0.3 is 21.9 Å². The average Bonchev–Trinajstić information content (AvgIpc) is 2.13. The molecule has 0 aliphatic heterocycles. The third-order valence-corrected chi connectivity index (χ3v) is 1.99. The number of amides is 1. The van der Waals surface area contributed by atoms with Gasteiger partial charge >= 0.3 is 5.97 Å². The largest absolute Gasteiger partial charge is 0.480 e. The second kappa shape index (κ2) is 5.67. The van der Waals surface area contributed by atoms with Gasteiger partial charge in [0.15, 0.2) is 0 Å². The molecule has 0 heterocycles. The molecular weight excluding hydrogens is 198 g/mol. The number of hydrogen-bond acceptors (Lipinski definition) is 4. The van der Waals surface area contributed by atoms with Crippen molar-refractivity contribution >= 4 is 11.9 Å². The molecule has 6 heteroatoms. The summed E-state index contributed by atoms with van der Waals surface area (Å²) in [6.45, 7) is 3.91. The number of carbonyl (C=O) groups is 2. The van der Waals surface area contributed by atoms with Gasteiger partial charge in [-0.15, -0.1) is 0 Å². The van der Waals surface area contributed by atoms with Crippen molar-refractivity contribution in [3.8, 4) is 0 Å². The predicted octanol–water partition coefficient (Wildman–Crippen LogP) is -0.968. The number of carbonyl (C=O) groups excluding carboxylic acids is 1. The molecule has 0 radical (unpaired) electrons. The molecule has 1 atom stereocenters. The maximum absolute atomic E-state index is 11.3. The molecule has 0 saturated carbocycles. The summed E-state index contributed by atoms with van der Waals surface area (Å²) in [6.07, 6.45) is 0.221. The fraction of sp³-hybridized carbons (Fsp3) is 0.778. The summed E-state index contributed by atoms with van der Waals surface area (Å²) in [5.74, 6) is -1.33. The lowest BCUT2D eigenvalue weighted by molar-refractivity contribution is -0.138. The fourth-order valence-corrected chi connectivity index (χ4v) is 0.901. The normalized spacial score (nSPS) is 13.3. The molecule has 88 valence electrons. The minimum absolute atomic E-state index is 0.0941. The zero-order valence-corrected chi connectivity index (χ0v) is 9.12. The Bertz CT molecular complexity index is 241. The Kier molecular flexibility index (Phi) is 5.24. The summed E-state index contributed by atoms with van der Waals surface area (Å²) >= 11 is 0. The van der Waals surface area contributed by atoms with Crippen molar-refractivity contribution in [1.82, 2.24) is 5.32 Å². The number of nitrogens with two attached hydrogens (primary N) is 2. The van der Waals surface area contributed by atoms with Crippen molar-refractivity contribution in [2.24, 2.45) is 11.5 Å². The van der Waals surface area contributed by atoms with E-state index in [1.54, 1.807) is 13.8 Å². The van der Waals surface area contributed by atoms with E-state index in [9.17, 15) is 9.59 Å². The number of carboxylic acid groups (broad SMARTS) is 1. The lowest BCUT2D eigenvalue weighted by atomic mass is 10.1. The van der Waals surface area contributed by atoms with Crippen LogP contribution in [0.15, 0.2) is 0 Å². The highest BCUT2D eigenvalue weighted by atomic mass is 16.4. The Morgan fingerprint density at radius 2 is 2.00 bits per heavy atom. The second-order valence-electron chi connectivity index (χ2n) is 4.12. The van der Waals surface area contributed by atoms with E-state index in [2.05, 4.69) is 5.32 Å². The van der Waals surface area contributed by atoms with Gasteiger partial charge in [-0.1, -0.05) is 0 Å². The van der Waals surface area contributed by atoms with Crippen LogP contribution in [0.25, 0.3) is 0 Å². The standard InChI is InChI=1S/C9H19N3O3/c1-9(2,5-10)12-7(13)4-3-6(11)8(14)15/h6H,3-5,10-11H2,1-2H3,(H,12,13)(H,14,15). The molecule has 0 fully saturated rings. The van der Waals surface area contributed by atoms with Gasteiger partial charge in [0, 0.05) is 18.5 Å². The number of carboxylic acids is 1. The molecule has 0 bridgehead atoms. The molecule has 0 aromatic carbocycles. The van der Waals surface area contributed by atoms with Crippen LogP contribution in [0.5, 0.6) is 0 Å². The summed E-state index contributed by atoms with van der Waals surface area (Å²) in [5.41, 5.74) is 10.2. The average molecular weight is 217 g/mol. The van der Waals surface area contributed by atoms with Crippen molar-refractivity contribution in [3.05, 3.63) is 0 Å². The smallest absolute Gasteiger partial charge is 0.320 e. The summed E-state index contributed by atoms with van der Waals surface area (Å²) in [7, 11) is 0. The van der Waals surface area contributed by atoms with Gasteiger partial charge in [0.2, 0.25) is 5.91 Å². The first-order chi connectivity index (χ1) is 6.78. The van der Waals surface area contributed by atoms with Crippen molar-refractivity contribution in [1.29, 1.82) is 0 Å². The predicted molar refractivity (Wildman–Crippen MR) is 56.1 cm³/mol. The monoisotopic (exact) mass is 217 g/mol. The Morgan fingerprint density at radius 3 is 2.40 bits per heavy atom. The first kappa shape index (κ1) is 13.9. The third-order valence-electron chi connectivity index (χ3n) is 1.99. The van der Waals surface area contributed by atoms with Gasteiger partial charge in [0.1, 0.15) is 6.04 Å². The van der Waals surface area contributed by atoms with E-state index in [0.717, 1.165) is 0 Å². The molecule has 15 heavy (non-hydrogen) atoms. The molecule has 1 unspecified atom stereocenters. The van der Waals surface area contributed by atoms with Crippen LogP contribution in [0.3, 0.4) is 0 Å².